The van der Waals surface area contributed by atoms with E-state index in [1.165, 1.54) is 12.0 Å². The summed E-state index contributed by atoms with van der Waals surface area (Å²) >= 11 is 6.29. The maximum Gasteiger partial charge on any atom is 0.337 e. The highest BCUT2D eigenvalue weighted by atomic mass is 32.2. The smallest absolute Gasteiger partial charge is 0.337 e. The summed E-state index contributed by atoms with van der Waals surface area (Å²) in [4.78, 5) is 37.2. The van der Waals surface area contributed by atoms with Gasteiger partial charge in [0.1, 0.15) is 10.9 Å². The average Bonchev–Trinajstić information content (AvgIpc) is 2.81. The van der Waals surface area contributed by atoms with Gasteiger partial charge >= 0.3 is 11.9 Å². The van der Waals surface area contributed by atoms with Crippen LogP contribution in [-0.2, 0) is 19.1 Å². The van der Waals surface area contributed by atoms with Crippen LogP contribution in [0.15, 0.2) is 29.2 Å². The average molecular weight is 379 g/mol. The van der Waals surface area contributed by atoms with Crippen LogP contribution >= 0.6 is 24.0 Å². The van der Waals surface area contributed by atoms with Crippen LogP contribution in [0, 0.1) is 0 Å². The van der Waals surface area contributed by atoms with Crippen molar-refractivity contribution in [2.24, 2.45) is 0 Å². The van der Waals surface area contributed by atoms with Gasteiger partial charge in [-0.2, -0.15) is 0 Å². The first-order chi connectivity index (χ1) is 11.8. The van der Waals surface area contributed by atoms with Crippen molar-refractivity contribution in [3.8, 4) is 0 Å². The first-order valence-corrected chi connectivity index (χ1v) is 8.67. The Morgan fingerprint density at radius 1 is 1.28 bits per heavy atom. The second-order valence-electron chi connectivity index (χ2n) is 5.42. The van der Waals surface area contributed by atoms with E-state index in [2.05, 4.69) is 4.74 Å². The van der Waals surface area contributed by atoms with E-state index in [0.717, 1.165) is 17.3 Å². The highest BCUT2D eigenvalue weighted by Crippen LogP contribution is 2.32. The minimum atomic E-state index is -0.505. The van der Waals surface area contributed by atoms with Crippen LogP contribution < -0.4 is 0 Å². The molecule has 0 radical (unpaired) electrons. The number of thioether (sulfide) groups is 1. The maximum atomic E-state index is 12.4. The van der Waals surface area contributed by atoms with Crippen LogP contribution in [0.3, 0.4) is 0 Å². The van der Waals surface area contributed by atoms with E-state index in [-0.39, 0.29) is 18.6 Å². The van der Waals surface area contributed by atoms with Crippen LogP contribution in [0.1, 0.15) is 29.8 Å². The molecule has 8 heteroatoms. The zero-order valence-corrected chi connectivity index (χ0v) is 15.6. The van der Waals surface area contributed by atoms with Crippen LogP contribution in [0.5, 0.6) is 0 Å². The highest BCUT2D eigenvalue weighted by molar-refractivity contribution is 8.26. The molecule has 6 nitrogen and oxygen atoms in total. The molecule has 0 bridgehead atoms. The van der Waals surface area contributed by atoms with Crippen molar-refractivity contribution in [3.63, 3.8) is 0 Å². The van der Waals surface area contributed by atoms with Crippen LogP contribution in [0.2, 0.25) is 0 Å². The third-order valence-corrected chi connectivity index (χ3v) is 4.54. The molecule has 0 spiro atoms. The normalized spacial score (nSPS) is 15.8. The number of carbonyl (C=O) groups excluding carboxylic acids is 3. The number of hydrogen-bond acceptors (Lipinski definition) is 7. The number of thiocarbonyl (C=S) groups is 1. The molecular weight excluding hydrogens is 362 g/mol. The van der Waals surface area contributed by atoms with E-state index < -0.39 is 11.9 Å². The number of esters is 2. The van der Waals surface area contributed by atoms with Gasteiger partial charge in [0, 0.05) is 0 Å². The molecule has 0 unspecified atom stereocenters. The molecule has 1 aliphatic rings. The van der Waals surface area contributed by atoms with E-state index in [4.69, 9.17) is 17.0 Å². The SMILES string of the molecule is COC(=O)c1ccc(/C=C2\SC(=S)N(CC(=O)OC(C)C)C2=O)cc1. The predicted molar refractivity (Wildman–Crippen MR) is 98.9 cm³/mol. The fraction of sp³-hybridized carbons (Fsp3) is 0.294. The number of methoxy groups -OCH3 is 1. The van der Waals surface area contributed by atoms with Gasteiger partial charge in [0.25, 0.3) is 5.91 Å². The molecule has 0 aliphatic carbocycles. The Morgan fingerprint density at radius 2 is 1.92 bits per heavy atom. The topological polar surface area (TPSA) is 72.9 Å². The summed E-state index contributed by atoms with van der Waals surface area (Å²) in [6, 6.07) is 6.62. The number of nitrogens with zero attached hydrogens (tertiary/aromatic N) is 1. The number of carbonyl (C=O) groups is 3. The number of benzene rings is 1. The monoisotopic (exact) mass is 379 g/mol. The lowest BCUT2D eigenvalue weighted by Gasteiger charge is -2.14. The molecule has 0 saturated carbocycles. The van der Waals surface area contributed by atoms with Gasteiger partial charge in [-0.1, -0.05) is 36.1 Å². The molecule has 0 aromatic heterocycles. The van der Waals surface area contributed by atoms with E-state index >= 15 is 0 Å². The third-order valence-electron chi connectivity index (χ3n) is 3.16. The summed E-state index contributed by atoms with van der Waals surface area (Å²) in [6.07, 6.45) is 1.41. The fourth-order valence-corrected chi connectivity index (χ4v) is 3.31. The van der Waals surface area contributed by atoms with Gasteiger partial charge in [-0.25, -0.2) is 4.79 Å². The molecule has 0 atom stereocenters. The Balaban J connectivity index is 2.11. The fourth-order valence-electron chi connectivity index (χ4n) is 2.05. The van der Waals surface area contributed by atoms with Crippen molar-refractivity contribution >= 4 is 52.2 Å². The summed E-state index contributed by atoms with van der Waals surface area (Å²) in [7, 11) is 1.31. The predicted octanol–water partition coefficient (Wildman–Crippen LogP) is 2.63. The lowest BCUT2D eigenvalue weighted by atomic mass is 10.1. The molecule has 1 aromatic carbocycles. The molecule has 25 heavy (non-hydrogen) atoms. The summed E-state index contributed by atoms with van der Waals surface area (Å²) < 4.78 is 9.99. The second kappa shape index (κ2) is 8.26. The van der Waals surface area contributed by atoms with Gasteiger partial charge in [0.15, 0.2) is 0 Å². The lowest BCUT2D eigenvalue weighted by molar-refractivity contribution is -0.149. The minimum absolute atomic E-state index is 0.207. The molecule has 1 fully saturated rings. The first kappa shape index (κ1) is 19.1. The van der Waals surface area contributed by atoms with E-state index in [1.807, 2.05) is 0 Å². The molecule has 1 saturated heterocycles. The van der Waals surface area contributed by atoms with Gasteiger partial charge < -0.3 is 9.47 Å². The van der Waals surface area contributed by atoms with E-state index in [0.29, 0.717) is 14.8 Å². The Morgan fingerprint density at radius 3 is 2.48 bits per heavy atom. The Kier molecular flexibility index (Phi) is 6.33. The number of hydrogen-bond donors (Lipinski definition) is 0. The summed E-state index contributed by atoms with van der Waals surface area (Å²) in [6.45, 7) is 3.27. The van der Waals surface area contributed by atoms with Crippen molar-refractivity contribution in [1.29, 1.82) is 0 Å². The molecule has 1 aromatic rings. The Hall–Kier alpha value is -2.19. The minimum Gasteiger partial charge on any atom is -0.465 e. The van der Waals surface area contributed by atoms with Crippen LogP contribution in [-0.4, -0.2) is 46.8 Å². The molecule has 132 valence electrons. The quantitative estimate of drug-likeness (QED) is 0.442. The molecule has 1 heterocycles. The van der Waals surface area contributed by atoms with Gasteiger partial charge in [-0.15, -0.1) is 0 Å². The Bertz CT molecular complexity index is 740. The van der Waals surface area contributed by atoms with Crippen molar-refractivity contribution in [2.75, 3.05) is 13.7 Å². The zero-order chi connectivity index (χ0) is 18.6. The van der Waals surface area contributed by atoms with E-state index in [1.54, 1.807) is 44.2 Å². The largest absolute Gasteiger partial charge is 0.465 e. The molecule has 1 aliphatic heterocycles. The first-order valence-electron chi connectivity index (χ1n) is 7.45. The molecule has 0 N–H and O–H groups in total. The van der Waals surface area contributed by atoms with Crippen LogP contribution in [0.25, 0.3) is 6.08 Å². The van der Waals surface area contributed by atoms with E-state index in [9.17, 15) is 14.4 Å². The third kappa shape index (κ3) is 4.90. The van der Waals surface area contributed by atoms with Crippen molar-refractivity contribution in [2.45, 2.75) is 20.0 Å². The lowest BCUT2D eigenvalue weighted by Crippen LogP contribution is -2.35. The number of rotatable bonds is 5. The summed E-state index contributed by atoms with van der Waals surface area (Å²) in [5.74, 6) is -1.27. The zero-order valence-electron chi connectivity index (χ0n) is 14.0. The highest BCUT2D eigenvalue weighted by Gasteiger charge is 2.33. The van der Waals surface area contributed by atoms with Crippen molar-refractivity contribution < 1.29 is 23.9 Å². The maximum absolute atomic E-state index is 12.4. The summed E-state index contributed by atoms with van der Waals surface area (Å²) in [5, 5.41) is 0. The summed E-state index contributed by atoms with van der Waals surface area (Å²) in [5.41, 5.74) is 1.15. The van der Waals surface area contributed by atoms with Gasteiger partial charge in [0.05, 0.1) is 23.7 Å². The molecular formula is C17H17NO5S2. The van der Waals surface area contributed by atoms with Crippen molar-refractivity contribution in [3.05, 3.63) is 40.3 Å². The number of ether oxygens (including phenoxy) is 2. The van der Waals surface area contributed by atoms with Gasteiger partial charge in [-0.05, 0) is 37.6 Å². The van der Waals surface area contributed by atoms with Crippen LogP contribution in [0.4, 0.5) is 0 Å². The molecule has 1 amide bonds. The Labute approximate surface area is 155 Å². The van der Waals surface area contributed by atoms with Gasteiger partial charge in [-0.3, -0.25) is 14.5 Å². The second-order valence-corrected chi connectivity index (χ2v) is 7.10. The van der Waals surface area contributed by atoms with Crippen molar-refractivity contribution in [1.82, 2.24) is 4.90 Å². The van der Waals surface area contributed by atoms with Gasteiger partial charge in [0.2, 0.25) is 0 Å². The molecule has 2 rings (SSSR count). The number of amides is 1. The standard InChI is InChI=1S/C17H17NO5S2/c1-10(2)23-14(19)9-18-15(20)13(25-17(18)24)8-11-4-6-12(7-5-11)16(21)22-3/h4-8,10H,9H2,1-3H3/b13-8-.